The van der Waals surface area contributed by atoms with Crippen LogP contribution in [0, 0.1) is 0 Å². The Morgan fingerprint density at radius 2 is 1.78 bits per heavy atom. The number of hydrogen-bond acceptors (Lipinski definition) is 3. The molecule has 0 aromatic heterocycles. The van der Waals surface area contributed by atoms with Gasteiger partial charge in [-0.3, -0.25) is 4.79 Å². The monoisotopic (exact) mass is 242 g/mol. The smallest absolute Gasteiger partial charge is 0.163 e. The Kier molecular flexibility index (Phi) is 3.63. The summed E-state index contributed by atoms with van der Waals surface area (Å²) in [5, 5.41) is 9.06. The summed E-state index contributed by atoms with van der Waals surface area (Å²) < 4.78 is 5.08. The standard InChI is InChI=1S/C8H8O2.C7H6O/c1-6(9)7-4-2-3-5-8(7)10;1-2-4-7-6(3-1)5-8-7/h2-5,10H,1H3;1-4H,5H2. The molecule has 0 aliphatic carbocycles. The second-order valence-electron chi connectivity index (χ2n) is 3.97. The quantitative estimate of drug-likeness (QED) is 0.781. The number of phenols is 1. The van der Waals surface area contributed by atoms with Crippen molar-refractivity contribution in [2.24, 2.45) is 0 Å². The predicted octanol–water partition coefficient (Wildman–Crippen LogP) is 3.17. The minimum Gasteiger partial charge on any atom is -0.507 e. The van der Waals surface area contributed by atoms with Gasteiger partial charge >= 0.3 is 0 Å². The van der Waals surface area contributed by atoms with E-state index in [4.69, 9.17) is 9.84 Å². The molecule has 0 spiro atoms. The first kappa shape index (κ1) is 12.2. The number of rotatable bonds is 1. The summed E-state index contributed by atoms with van der Waals surface area (Å²) in [7, 11) is 0. The number of para-hydroxylation sites is 2. The number of hydrogen-bond donors (Lipinski definition) is 1. The Bertz CT molecular complexity index is 538. The number of carbonyl (C=O) groups excluding carboxylic acids is 1. The average Bonchev–Trinajstić information content (AvgIpc) is 2.32. The highest BCUT2D eigenvalue weighted by Crippen LogP contribution is 2.27. The average molecular weight is 242 g/mol. The van der Waals surface area contributed by atoms with Gasteiger partial charge in [0.15, 0.2) is 5.78 Å². The maximum absolute atomic E-state index is 10.7. The zero-order valence-electron chi connectivity index (χ0n) is 10.1. The van der Waals surface area contributed by atoms with Crippen molar-refractivity contribution in [3.8, 4) is 11.5 Å². The van der Waals surface area contributed by atoms with Crippen molar-refractivity contribution in [2.75, 3.05) is 0 Å². The molecule has 1 heterocycles. The van der Waals surface area contributed by atoms with E-state index in [-0.39, 0.29) is 11.5 Å². The first-order valence-electron chi connectivity index (χ1n) is 5.68. The van der Waals surface area contributed by atoms with E-state index in [1.807, 2.05) is 18.2 Å². The van der Waals surface area contributed by atoms with Crippen LogP contribution in [-0.2, 0) is 6.61 Å². The van der Waals surface area contributed by atoms with Crippen LogP contribution in [0.5, 0.6) is 11.5 Å². The van der Waals surface area contributed by atoms with Crippen LogP contribution in [0.2, 0.25) is 0 Å². The van der Waals surface area contributed by atoms with Crippen LogP contribution < -0.4 is 4.74 Å². The number of aromatic hydroxyl groups is 1. The van der Waals surface area contributed by atoms with Gasteiger partial charge in [-0.1, -0.05) is 30.3 Å². The van der Waals surface area contributed by atoms with Crippen LogP contribution in [0.4, 0.5) is 0 Å². The van der Waals surface area contributed by atoms with Crippen LogP contribution in [0.1, 0.15) is 22.8 Å². The molecule has 3 nitrogen and oxygen atoms in total. The zero-order valence-corrected chi connectivity index (χ0v) is 10.1. The molecule has 0 unspecified atom stereocenters. The summed E-state index contributed by atoms with van der Waals surface area (Å²) >= 11 is 0. The maximum Gasteiger partial charge on any atom is 0.163 e. The van der Waals surface area contributed by atoms with Crippen molar-refractivity contribution < 1.29 is 14.6 Å². The first-order valence-corrected chi connectivity index (χ1v) is 5.68. The van der Waals surface area contributed by atoms with Crippen LogP contribution in [0.25, 0.3) is 0 Å². The summed E-state index contributed by atoms with van der Waals surface area (Å²) in [6, 6.07) is 14.6. The van der Waals surface area contributed by atoms with E-state index in [0.29, 0.717) is 5.56 Å². The van der Waals surface area contributed by atoms with E-state index in [1.54, 1.807) is 18.2 Å². The summed E-state index contributed by atoms with van der Waals surface area (Å²) in [5.41, 5.74) is 1.70. The molecule has 0 saturated heterocycles. The Morgan fingerprint density at radius 1 is 1.11 bits per heavy atom. The molecule has 3 heteroatoms. The third-order valence-electron chi connectivity index (χ3n) is 2.64. The SMILES string of the molecule is CC(=O)c1ccccc1O.c1ccc2c(c1)CO2. The third-order valence-corrected chi connectivity index (χ3v) is 2.64. The van der Waals surface area contributed by atoms with Crippen molar-refractivity contribution in [1.29, 1.82) is 0 Å². The van der Waals surface area contributed by atoms with Gasteiger partial charge in [-0.05, 0) is 25.1 Å². The van der Waals surface area contributed by atoms with Gasteiger partial charge in [-0.15, -0.1) is 0 Å². The number of benzene rings is 2. The summed E-state index contributed by atoms with van der Waals surface area (Å²) in [5.74, 6) is 0.987. The van der Waals surface area contributed by atoms with Crippen molar-refractivity contribution in [2.45, 2.75) is 13.5 Å². The molecule has 0 radical (unpaired) electrons. The van der Waals surface area contributed by atoms with E-state index in [0.717, 1.165) is 12.4 Å². The second-order valence-corrected chi connectivity index (χ2v) is 3.97. The fourth-order valence-electron chi connectivity index (χ4n) is 1.61. The lowest BCUT2D eigenvalue weighted by molar-refractivity contribution is 0.101. The summed E-state index contributed by atoms with van der Waals surface area (Å²) in [6.45, 7) is 2.23. The van der Waals surface area contributed by atoms with E-state index < -0.39 is 0 Å². The van der Waals surface area contributed by atoms with Gasteiger partial charge in [0, 0.05) is 5.56 Å². The second kappa shape index (κ2) is 5.36. The summed E-state index contributed by atoms with van der Waals surface area (Å²) in [6.07, 6.45) is 0. The topological polar surface area (TPSA) is 46.5 Å². The first-order chi connectivity index (χ1) is 8.68. The number of fused-ring (bicyclic) bond motifs is 1. The molecule has 2 aromatic rings. The van der Waals surface area contributed by atoms with Gasteiger partial charge in [0.25, 0.3) is 0 Å². The normalized spacial score (nSPS) is 11.2. The van der Waals surface area contributed by atoms with Gasteiger partial charge < -0.3 is 9.84 Å². The lowest BCUT2D eigenvalue weighted by Crippen LogP contribution is -2.07. The molecule has 0 amide bonds. The highest BCUT2D eigenvalue weighted by molar-refractivity contribution is 5.96. The molecule has 2 aromatic carbocycles. The van der Waals surface area contributed by atoms with Gasteiger partial charge in [-0.25, -0.2) is 0 Å². The summed E-state index contributed by atoms with van der Waals surface area (Å²) in [4.78, 5) is 10.7. The minimum absolute atomic E-state index is 0.0509. The number of Topliss-reactive ketones (excluding diaryl/α,β-unsaturated/α-hetero) is 1. The Balaban J connectivity index is 0.000000136. The molecule has 3 rings (SSSR count). The fourth-order valence-corrected chi connectivity index (χ4v) is 1.61. The largest absolute Gasteiger partial charge is 0.507 e. The fraction of sp³-hybridized carbons (Fsp3) is 0.133. The Hall–Kier alpha value is -2.29. The highest BCUT2D eigenvalue weighted by atomic mass is 16.5. The number of phenolic OH excluding ortho intramolecular Hbond substituents is 1. The van der Waals surface area contributed by atoms with Crippen molar-refractivity contribution >= 4 is 5.78 Å². The van der Waals surface area contributed by atoms with E-state index in [1.165, 1.54) is 18.6 Å². The number of carbonyl (C=O) groups is 1. The van der Waals surface area contributed by atoms with Gasteiger partial charge in [0.05, 0.1) is 5.56 Å². The molecular formula is C15H14O3. The highest BCUT2D eigenvalue weighted by Gasteiger charge is 2.10. The molecule has 0 atom stereocenters. The zero-order chi connectivity index (χ0) is 13.0. The van der Waals surface area contributed by atoms with Crippen LogP contribution in [0.3, 0.4) is 0 Å². The number of ketones is 1. The van der Waals surface area contributed by atoms with Crippen LogP contribution in [-0.4, -0.2) is 10.9 Å². The molecule has 1 aliphatic rings. The molecule has 0 bridgehead atoms. The van der Waals surface area contributed by atoms with Gasteiger partial charge in [0.1, 0.15) is 18.1 Å². The molecule has 92 valence electrons. The van der Waals surface area contributed by atoms with Crippen molar-refractivity contribution in [3.63, 3.8) is 0 Å². The third kappa shape index (κ3) is 2.69. The minimum atomic E-state index is -0.113. The van der Waals surface area contributed by atoms with Gasteiger partial charge in [-0.2, -0.15) is 0 Å². The molecule has 18 heavy (non-hydrogen) atoms. The molecule has 0 saturated carbocycles. The molecule has 0 fully saturated rings. The van der Waals surface area contributed by atoms with Crippen LogP contribution in [0.15, 0.2) is 48.5 Å². The van der Waals surface area contributed by atoms with E-state index in [2.05, 4.69) is 6.07 Å². The Labute approximate surface area is 106 Å². The van der Waals surface area contributed by atoms with Crippen molar-refractivity contribution in [1.82, 2.24) is 0 Å². The lowest BCUT2D eigenvalue weighted by Gasteiger charge is -2.18. The molecule has 1 N–H and O–H groups in total. The lowest BCUT2D eigenvalue weighted by atomic mass is 10.1. The predicted molar refractivity (Wildman–Crippen MR) is 68.9 cm³/mol. The van der Waals surface area contributed by atoms with Crippen LogP contribution >= 0.6 is 0 Å². The number of ether oxygens (including phenoxy) is 1. The van der Waals surface area contributed by atoms with E-state index in [9.17, 15) is 4.79 Å². The van der Waals surface area contributed by atoms with Crippen molar-refractivity contribution in [3.05, 3.63) is 59.7 Å². The van der Waals surface area contributed by atoms with Gasteiger partial charge in [0.2, 0.25) is 0 Å². The molecular weight excluding hydrogens is 228 g/mol. The molecule has 1 aliphatic heterocycles. The Morgan fingerprint density at radius 3 is 2.17 bits per heavy atom. The van der Waals surface area contributed by atoms with E-state index >= 15 is 0 Å². The maximum atomic E-state index is 10.7.